The lowest BCUT2D eigenvalue weighted by atomic mass is 10.0. The zero-order chi connectivity index (χ0) is 21.7. The third-order valence-corrected chi connectivity index (χ3v) is 6.06. The van der Waals surface area contributed by atoms with E-state index in [0.29, 0.717) is 4.57 Å². The van der Waals surface area contributed by atoms with Gasteiger partial charge in [-0.1, -0.05) is 50.0 Å². The van der Waals surface area contributed by atoms with Gasteiger partial charge in [-0.05, 0) is 11.6 Å². The Bertz CT molecular complexity index is 853. The Kier molecular flexibility index (Phi) is 7.64. The molecule has 1 atom stereocenters. The molecule has 29 heavy (non-hydrogen) atoms. The molecule has 1 heterocycles. The Hall–Kier alpha value is -2.13. The van der Waals surface area contributed by atoms with Crippen LogP contribution < -0.4 is 5.76 Å². The minimum Gasteiger partial charge on any atom is -0.416 e. The van der Waals surface area contributed by atoms with Crippen LogP contribution in [0.15, 0.2) is 45.8 Å². The van der Waals surface area contributed by atoms with Gasteiger partial charge in [0.05, 0.1) is 24.6 Å². The average molecular weight is 430 g/mol. The van der Waals surface area contributed by atoms with Gasteiger partial charge >= 0.3 is 11.9 Å². The molecule has 5 nitrogen and oxygen atoms in total. The van der Waals surface area contributed by atoms with Crippen LogP contribution in [-0.2, 0) is 11.2 Å². The van der Waals surface area contributed by atoms with Crippen molar-refractivity contribution in [1.29, 1.82) is 0 Å². The zero-order valence-electron chi connectivity index (χ0n) is 16.8. The van der Waals surface area contributed by atoms with Crippen molar-refractivity contribution in [3.05, 3.63) is 58.4 Å². The normalized spacial score (nSPS) is 13.4. The van der Waals surface area contributed by atoms with Crippen molar-refractivity contribution in [2.75, 3.05) is 13.2 Å². The highest BCUT2D eigenvalue weighted by molar-refractivity contribution is 6.76. The van der Waals surface area contributed by atoms with Crippen LogP contribution in [0.5, 0.6) is 0 Å². The standard InChI is InChI=1S/C20H26F3NO4Si/c1-29(2,3)10-9-27-13-16(12-20(21,22)23)18(25)24-17(14-28-19(24)26)11-15-7-5-4-6-8-15/h4-8,14,16H,9-13H2,1-3H3/t16-/m0/s1. The fourth-order valence-electron chi connectivity index (χ4n) is 2.78. The van der Waals surface area contributed by atoms with E-state index >= 15 is 0 Å². The van der Waals surface area contributed by atoms with Gasteiger partial charge in [-0.25, -0.2) is 9.36 Å². The molecule has 0 unspecified atom stereocenters. The van der Waals surface area contributed by atoms with Crippen molar-refractivity contribution in [2.45, 2.75) is 44.7 Å². The third-order valence-electron chi connectivity index (χ3n) is 4.36. The van der Waals surface area contributed by atoms with Gasteiger partial charge in [-0.15, -0.1) is 0 Å². The summed E-state index contributed by atoms with van der Waals surface area (Å²) in [5, 5.41) is 0. The first-order valence-electron chi connectivity index (χ1n) is 9.38. The maximum atomic E-state index is 13.0. The zero-order valence-corrected chi connectivity index (χ0v) is 17.8. The molecule has 160 valence electrons. The number of hydrogen-bond acceptors (Lipinski definition) is 4. The molecule has 0 amide bonds. The Balaban J connectivity index is 2.19. The molecule has 0 saturated heterocycles. The van der Waals surface area contributed by atoms with Crippen molar-refractivity contribution in [1.82, 2.24) is 4.57 Å². The van der Waals surface area contributed by atoms with E-state index in [2.05, 4.69) is 19.6 Å². The summed E-state index contributed by atoms with van der Waals surface area (Å²) in [5.41, 5.74) is 1.01. The molecule has 0 N–H and O–H groups in total. The number of alkyl halides is 3. The van der Waals surface area contributed by atoms with Gasteiger partial charge in [0.15, 0.2) is 0 Å². The lowest BCUT2D eigenvalue weighted by Gasteiger charge is -2.20. The molecule has 0 aliphatic heterocycles. The lowest BCUT2D eigenvalue weighted by Crippen LogP contribution is -2.36. The van der Waals surface area contributed by atoms with Crippen molar-refractivity contribution in [3.63, 3.8) is 0 Å². The Morgan fingerprint density at radius 3 is 2.45 bits per heavy atom. The van der Waals surface area contributed by atoms with Crippen LogP contribution in [0.3, 0.4) is 0 Å². The SMILES string of the molecule is C[Si](C)(C)CCOC[C@H](CC(F)(F)F)C(=O)n1c(Cc2ccccc2)coc1=O. The number of oxazole rings is 1. The second-order valence-electron chi connectivity index (χ2n) is 8.23. The van der Waals surface area contributed by atoms with Gasteiger partial charge in [0.25, 0.3) is 0 Å². The van der Waals surface area contributed by atoms with Crippen LogP contribution >= 0.6 is 0 Å². The van der Waals surface area contributed by atoms with Crippen LogP contribution in [0.2, 0.25) is 25.7 Å². The number of benzene rings is 1. The second-order valence-corrected chi connectivity index (χ2v) is 13.9. The molecular weight excluding hydrogens is 403 g/mol. The van der Waals surface area contributed by atoms with E-state index in [0.717, 1.165) is 17.9 Å². The molecule has 0 saturated carbocycles. The van der Waals surface area contributed by atoms with Crippen LogP contribution in [0, 0.1) is 5.92 Å². The van der Waals surface area contributed by atoms with E-state index in [1.807, 2.05) is 6.07 Å². The van der Waals surface area contributed by atoms with Crippen molar-refractivity contribution in [2.24, 2.45) is 5.92 Å². The number of ether oxygens (including phenoxy) is 1. The monoisotopic (exact) mass is 429 g/mol. The van der Waals surface area contributed by atoms with E-state index < -0.39 is 44.9 Å². The van der Waals surface area contributed by atoms with Gasteiger partial charge in [-0.3, -0.25) is 4.79 Å². The van der Waals surface area contributed by atoms with Crippen LogP contribution in [0.1, 0.15) is 22.5 Å². The summed E-state index contributed by atoms with van der Waals surface area (Å²) in [6, 6.07) is 9.74. The highest BCUT2D eigenvalue weighted by Gasteiger charge is 2.37. The van der Waals surface area contributed by atoms with Gasteiger partial charge in [0.2, 0.25) is 5.91 Å². The molecule has 0 fully saturated rings. The maximum Gasteiger partial charge on any atom is 0.426 e. The largest absolute Gasteiger partial charge is 0.426 e. The molecule has 2 rings (SSSR count). The summed E-state index contributed by atoms with van der Waals surface area (Å²) >= 11 is 0. The fourth-order valence-corrected chi connectivity index (χ4v) is 3.54. The topological polar surface area (TPSA) is 61.4 Å². The number of nitrogens with zero attached hydrogens (tertiary/aromatic N) is 1. The molecule has 2 aromatic rings. The van der Waals surface area contributed by atoms with E-state index in [4.69, 9.17) is 9.15 Å². The summed E-state index contributed by atoms with van der Waals surface area (Å²) in [4.78, 5) is 24.9. The number of hydrogen-bond donors (Lipinski definition) is 0. The Morgan fingerprint density at radius 1 is 1.21 bits per heavy atom. The minimum absolute atomic E-state index is 0.188. The molecule has 1 aromatic carbocycles. The minimum atomic E-state index is -4.56. The van der Waals surface area contributed by atoms with Gasteiger partial charge in [0, 0.05) is 21.1 Å². The van der Waals surface area contributed by atoms with E-state index in [-0.39, 0.29) is 18.7 Å². The quantitative estimate of drug-likeness (QED) is 0.432. The highest BCUT2D eigenvalue weighted by atomic mass is 28.3. The van der Waals surface area contributed by atoms with Crippen LogP contribution in [0.4, 0.5) is 13.2 Å². The predicted molar refractivity (Wildman–Crippen MR) is 106 cm³/mol. The van der Waals surface area contributed by atoms with E-state index in [1.54, 1.807) is 24.3 Å². The molecule has 0 spiro atoms. The maximum absolute atomic E-state index is 13.0. The summed E-state index contributed by atoms with van der Waals surface area (Å²) in [6.07, 6.45) is -4.62. The van der Waals surface area contributed by atoms with Crippen LogP contribution in [-0.4, -0.2) is 37.9 Å². The Labute approximate surface area is 168 Å². The van der Waals surface area contributed by atoms with Crippen molar-refractivity contribution in [3.8, 4) is 0 Å². The number of carbonyl (C=O) groups excluding carboxylic acids is 1. The average Bonchev–Trinajstić information content (AvgIpc) is 2.96. The fraction of sp³-hybridized carbons (Fsp3) is 0.500. The second kappa shape index (κ2) is 9.58. The van der Waals surface area contributed by atoms with Gasteiger partial charge in [0.1, 0.15) is 6.26 Å². The summed E-state index contributed by atoms with van der Waals surface area (Å²) in [7, 11) is -1.42. The number of rotatable bonds is 9. The number of aromatic nitrogens is 1. The molecule has 0 aliphatic carbocycles. The first-order chi connectivity index (χ1) is 13.5. The molecule has 9 heteroatoms. The van der Waals surface area contributed by atoms with Gasteiger partial charge < -0.3 is 9.15 Å². The lowest BCUT2D eigenvalue weighted by molar-refractivity contribution is -0.145. The first kappa shape index (κ1) is 23.1. The first-order valence-corrected chi connectivity index (χ1v) is 13.1. The van der Waals surface area contributed by atoms with Crippen molar-refractivity contribution < 1.29 is 27.1 Å². The number of carbonyl (C=O) groups is 1. The van der Waals surface area contributed by atoms with Crippen molar-refractivity contribution >= 4 is 14.0 Å². The summed E-state index contributed by atoms with van der Waals surface area (Å²) in [5.74, 6) is -3.46. The molecule has 1 aromatic heterocycles. The molecule has 0 radical (unpaired) electrons. The molecule has 0 bridgehead atoms. The Morgan fingerprint density at radius 2 is 1.86 bits per heavy atom. The number of halogens is 3. The smallest absolute Gasteiger partial charge is 0.416 e. The summed E-state index contributed by atoms with van der Waals surface area (Å²) < 4.78 is 50.0. The van der Waals surface area contributed by atoms with E-state index in [9.17, 15) is 22.8 Å². The third kappa shape index (κ3) is 7.66. The van der Waals surface area contributed by atoms with Crippen LogP contribution in [0.25, 0.3) is 0 Å². The summed E-state index contributed by atoms with van der Waals surface area (Å²) in [6.45, 7) is 6.25. The molecular formula is C20H26F3NO4Si. The van der Waals surface area contributed by atoms with Gasteiger partial charge in [-0.2, -0.15) is 13.2 Å². The highest BCUT2D eigenvalue weighted by Crippen LogP contribution is 2.26. The van der Waals surface area contributed by atoms with E-state index in [1.165, 1.54) is 0 Å². The molecule has 0 aliphatic rings. The predicted octanol–water partition coefficient (Wildman–Crippen LogP) is 4.60.